The molecule has 3 aromatic carbocycles. The summed E-state index contributed by atoms with van der Waals surface area (Å²) in [6.45, 7) is 5.84. The normalized spacial score (nSPS) is 12.9. The highest BCUT2D eigenvalue weighted by Crippen LogP contribution is 2.38. The fourth-order valence-electron chi connectivity index (χ4n) is 4.34. The zero-order valence-electron chi connectivity index (χ0n) is 24.3. The maximum Gasteiger partial charge on any atom is 0.417 e. The maximum absolute atomic E-state index is 14.1. The van der Waals surface area contributed by atoms with Crippen LogP contribution in [0.1, 0.15) is 45.2 Å². The number of rotatable bonds is 10. The van der Waals surface area contributed by atoms with E-state index in [9.17, 15) is 31.2 Å². The Bertz CT molecular complexity index is 1620. The molecule has 0 unspecified atom stereocenters. The van der Waals surface area contributed by atoms with Crippen molar-refractivity contribution in [3.63, 3.8) is 0 Å². The summed E-state index contributed by atoms with van der Waals surface area (Å²) in [6, 6.07) is 13.1. The molecule has 0 spiro atoms. The van der Waals surface area contributed by atoms with Crippen molar-refractivity contribution in [2.45, 2.75) is 63.3 Å². The Morgan fingerprint density at radius 2 is 1.50 bits per heavy atom. The average molecular weight is 693 g/mol. The van der Waals surface area contributed by atoms with Crippen LogP contribution in [0.15, 0.2) is 71.6 Å². The van der Waals surface area contributed by atoms with Crippen LogP contribution in [-0.4, -0.2) is 43.3 Å². The van der Waals surface area contributed by atoms with Crippen molar-refractivity contribution in [2.75, 3.05) is 10.8 Å². The summed E-state index contributed by atoms with van der Waals surface area (Å²) in [6.07, 6.45) is -4.77. The SMILES string of the molecule is CC[C@H](C(=O)NC(C)(C)C)N(Cc1ccc(Cl)c(Cl)c1)C(=O)CN(c1ccc(Cl)c(C(F)(F)F)c1)S(=O)(=O)c1ccccc1. The minimum absolute atomic E-state index is 0.138. The third-order valence-corrected chi connectivity index (χ3v) is 9.23. The van der Waals surface area contributed by atoms with Gasteiger partial charge in [0.1, 0.15) is 12.6 Å². The van der Waals surface area contributed by atoms with Gasteiger partial charge >= 0.3 is 6.18 Å². The van der Waals surface area contributed by atoms with E-state index >= 15 is 0 Å². The summed E-state index contributed by atoms with van der Waals surface area (Å²) >= 11 is 18.1. The van der Waals surface area contributed by atoms with Gasteiger partial charge in [0.2, 0.25) is 11.8 Å². The Labute approximate surface area is 269 Å². The van der Waals surface area contributed by atoms with Crippen molar-refractivity contribution in [3.8, 4) is 0 Å². The predicted molar refractivity (Wildman–Crippen MR) is 166 cm³/mol. The van der Waals surface area contributed by atoms with Gasteiger partial charge in [0.05, 0.1) is 31.2 Å². The Hall–Kier alpha value is -2.99. The van der Waals surface area contributed by atoms with E-state index in [-0.39, 0.29) is 27.9 Å². The van der Waals surface area contributed by atoms with Gasteiger partial charge in [-0.15, -0.1) is 0 Å². The van der Waals surface area contributed by atoms with Crippen LogP contribution < -0.4 is 9.62 Å². The molecule has 0 bridgehead atoms. The predicted octanol–water partition coefficient (Wildman–Crippen LogP) is 7.58. The van der Waals surface area contributed by atoms with E-state index < -0.39 is 62.4 Å². The fraction of sp³-hybridized carbons (Fsp3) is 0.333. The number of carbonyl (C=O) groups excluding carboxylic acids is 2. The molecule has 2 amide bonds. The first-order chi connectivity index (χ1) is 20.3. The molecule has 0 aliphatic carbocycles. The molecule has 238 valence electrons. The van der Waals surface area contributed by atoms with Crippen LogP contribution in [0.25, 0.3) is 0 Å². The molecule has 3 aromatic rings. The number of hydrogen-bond donors (Lipinski definition) is 1. The molecule has 7 nitrogen and oxygen atoms in total. The van der Waals surface area contributed by atoms with Crippen molar-refractivity contribution in [1.82, 2.24) is 10.2 Å². The summed E-state index contributed by atoms with van der Waals surface area (Å²) in [5, 5.41) is 2.64. The number of halogens is 6. The minimum atomic E-state index is -4.91. The monoisotopic (exact) mass is 691 g/mol. The molecule has 1 atom stereocenters. The van der Waals surface area contributed by atoms with Crippen LogP contribution >= 0.6 is 34.8 Å². The highest BCUT2D eigenvalue weighted by Gasteiger charge is 2.37. The van der Waals surface area contributed by atoms with Crippen LogP contribution in [0.5, 0.6) is 0 Å². The van der Waals surface area contributed by atoms with Gasteiger partial charge in [-0.05, 0) is 75.2 Å². The summed E-state index contributed by atoms with van der Waals surface area (Å²) in [5.41, 5.74) is -1.90. The number of nitrogens with zero attached hydrogens (tertiary/aromatic N) is 2. The van der Waals surface area contributed by atoms with Crippen molar-refractivity contribution >= 4 is 62.3 Å². The zero-order valence-corrected chi connectivity index (χ0v) is 27.3. The summed E-state index contributed by atoms with van der Waals surface area (Å²) < 4.78 is 69.7. The van der Waals surface area contributed by atoms with E-state index in [1.54, 1.807) is 39.8 Å². The molecule has 0 aliphatic rings. The van der Waals surface area contributed by atoms with E-state index in [0.717, 1.165) is 12.1 Å². The van der Waals surface area contributed by atoms with Gasteiger partial charge in [-0.2, -0.15) is 13.2 Å². The van der Waals surface area contributed by atoms with E-state index in [0.29, 0.717) is 15.9 Å². The molecule has 0 aliphatic heterocycles. The number of amides is 2. The lowest BCUT2D eigenvalue weighted by atomic mass is 10.1. The molecule has 0 aromatic heterocycles. The van der Waals surface area contributed by atoms with E-state index in [1.807, 2.05) is 0 Å². The van der Waals surface area contributed by atoms with E-state index in [2.05, 4.69) is 5.32 Å². The van der Waals surface area contributed by atoms with E-state index in [1.165, 1.54) is 41.3 Å². The van der Waals surface area contributed by atoms with Crippen LogP contribution in [-0.2, 0) is 32.3 Å². The van der Waals surface area contributed by atoms with Crippen molar-refractivity contribution in [1.29, 1.82) is 0 Å². The first-order valence-electron chi connectivity index (χ1n) is 13.3. The molecule has 0 fully saturated rings. The van der Waals surface area contributed by atoms with Crippen molar-refractivity contribution in [2.24, 2.45) is 0 Å². The second-order valence-electron chi connectivity index (χ2n) is 10.9. The van der Waals surface area contributed by atoms with Gasteiger partial charge in [0.15, 0.2) is 0 Å². The van der Waals surface area contributed by atoms with Crippen LogP contribution in [0, 0.1) is 0 Å². The van der Waals surface area contributed by atoms with Gasteiger partial charge in [-0.25, -0.2) is 8.42 Å². The molecule has 1 N–H and O–H groups in total. The summed E-state index contributed by atoms with van der Waals surface area (Å²) in [7, 11) is -4.59. The first kappa shape index (κ1) is 35.5. The third-order valence-electron chi connectivity index (χ3n) is 6.37. The first-order valence-corrected chi connectivity index (χ1v) is 15.9. The van der Waals surface area contributed by atoms with Gasteiger partial charge < -0.3 is 10.2 Å². The lowest BCUT2D eigenvalue weighted by molar-refractivity contribution is -0.141. The number of carbonyl (C=O) groups is 2. The molecule has 0 saturated heterocycles. The molecule has 14 heteroatoms. The van der Waals surface area contributed by atoms with Crippen LogP contribution in [0.3, 0.4) is 0 Å². The average Bonchev–Trinajstić information content (AvgIpc) is 2.92. The highest BCUT2D eigenvalue weighted by molar-refractivity contribution is 7.92. The molecule has 3 rings (SSSR count). The second-order valence-corrected chi connectivity index (χ2v) is 14.0. The third kappa shape index (κ3) is 8.80. The van der Waals surface area contributed by atoms with Gasteiger partial charge in [-0.1, -0.05) is 66.0 Å². The van der Waals surface area contributed by atoms with Gasteiger partial charge in [-0.3, -0.25) is 13.9 Å². The molecule has 0 saturated carbocycles. The number of anilines is 1. The molecular formula is C30H31Cl3F3N3O4S. The number of benzene rings is 3. The Kier molecular flexibility index (Phi) is 11.3. The topological polar surface area (TPSA) is 86.8 Å². The van der Waals surface area contributed by atoms with Crippen molar-refractivity contribution in [3.05, 3.63) is 92.9 Å². The largest absolute Gasteiger partial charge is 0.417 e. The summed E-state index contributed by atoms with van der Waals surface area (Å²) in [5.74, 6) is -1.35. The van der Waals surface area contributed by atoms with E-state index in [4.69, 9.17) is 34.8 Å². The van der Waals surface area contributed by atoms with Crippen molar-refractivity contribution < 1.29 is 31.2 Å². The Morgan fingerprint density at radius 1 is 0.886 bits per heavy atom. The Morgan fingerprint density at radius 3 is 2.05 bits per heavy atom. The molecule has 0 heterocycles. The quantitative estimate of drug-likeness (QED) is 0.237. The van der Waals surface area contributed by atoms with Crippen LogP contribution in [0.2, 0.25) is 15.1 Å². The summed E-state index contributed by atoms with van der Waals surface area (Å²) in [4.78, 5) is 28.4. The zero-order chi connectivity index (χ0) is 33.0. The second kappa shape index (κ2) is 14.0. The lowest BCUT2D eigenvalue weighted by Gasteiger charge is -2.35. The fourth-order valence-corrected chi connectivity index (χ4v) is 6.31. The van der Waals surface area contributed by atoms with Gasteiger partial charge in [0.25, 0.3) is 10.0 Å². The smallest absolute Gasteiger partial charge is 0.350 e. The Balaban J connectivity index is 2.16. The lowest BCUT2D eigenvalue weighted by Crippen LogP contribution is -2.55. The molecule has 0 radical (unpaired) electrons. The standard InChI is InChI=1S/C30H31Cl3F3N3O4S/c1-5-26(28(41)37-29(2,3)4)38(17-19-11-13-24(32)25(33)15-19)27(40)18-39(44(42,43)21-9-7-6-8-10-21)20-12-14-23(31)22(16-20)30(34,35)36/h6-16,26H,5,17-18H2,1-4H3,(H,37,41)/t26-/m1/s1. The highest BCUT2D eigenvalue weighted by atomic mass is 35.5. The number of sulfonamides is 1. The van der Waals surface area contributed by atoms with Crippen LogP contribution in [0.4, 0.5) is 18.9 Å². The number of nitrogens with one attached hydrogen (secondary N) is 1. The molecular weight excluding hydrogens is 662 g/mol. The molecule has 44 heavy (non-hydrogen) atoms. The minimum Gasteiger partial charge on any atom is -0.350 e. The van der Waals surface area contributed by atoms with Gasteiger partial charge in [0, 0.05) is 12.1 Å². The maximum atomic E-state index is 14.1. The number of alkyl halides is 3. The number of hydrogen-bond acceptors (Lipinski definition) is 4.